The molecular weight excluding hydrogens is 1360 g/mol. The molecule has 102 heavy (non-hydrogen) atoms. The summed E-state index contributed by atoms with van der Waals surface area (Å²) in [7, 11) is 8.25. The number of amides is 8. The molecule has 0 saturated carbocycles. The van der Waals surface area contributed by atoms with Crippen LogP contribution in [0.3, 0.4) is 0 Å². The fraction of sp³-hybridized carbons (Fsp3) is 0.696. The van der Waals surface area contributed by atoms with E-state index in [0.29, 0.717) is 31.4 Å². The van der Waals surface area contributed by atoms with Gasteiger partial charge < -0.3 is 61.0 Å². The number of nitrogens with two attached hydrogens (primary N) is 1. The Bertz CT molecular complexity index is 3120. The predicted molar refractivity (Wildman–Crippen MR) is 361 cm³/mol. The van der Waals surface area contributed by atoms with Gasteiger partial charge >= 0.3 is 12.1 Å². The summed E-state index contributed by atoms with van der Waals surface area (Å²) in [5.74, 6) is -23.5. The maximum Gasteiger partial charge on any atom is 0.404 e. The number of alkyl halides is 3. The van der Waals surface area contributed by atoms with Crippen molar-refractivity contribution in [2.45, 2.75) is 213 Å². The Morgan fingerprint density at radius 1 is 0.716 bits per heavy atom. The van der Waals surface area contributed by atoms with E-state index in [1.165, 1.54) is 33.3 Å². The second kappa shape index (κ2) is 40.2. The van der Waals surface area contributed by atoms with E-state index in [9.17, 15) is 83.4 Å². The van der Waals surface area contributed by atoms with Gasteiger partial charge in [0.2, 0.25) is 82.1 Å². The molecule has 576 valence electrons. The van der Waals surface area contributed by atoms with Gasteiger partial charge in [0.1, 0.15) is 30.2 Å². The van der Waals surface area contributed by atoms with E-state index in [0.717, 1.165) is 4.90 Å². The minimum Gasteiger partial charge on any atom is -0.420 e. The lowest BCUT2D eigenvalue weighted by molar-refractivity contribution is -0.197. The first-order valence-electron chi connectivity index (χ1n) is 34.6. The molecule has 2 aromatic rings. The number of hydrogen-bond acceptors (Lipinski definition) is 17. The highest BCUT2D eigenvalue weighted by molar-refractivity contribution is 5.98. The maximum atomic E-state index is 14.5. The number of likely N-dealkylation sites (N-methyl/N-ethyl adjacent to an activating group) is 2. The van der Waals surface area contributed by atoms with Crippen LogP contribution in [0.1, 0.15) is 139 Å². The van der Waals surface area contributed by atoms with E-state index >= 15 is 0 Å². The molecule has 2 aliphatic rings. The summed E-state index contributed by atoms with van der Waals surface area (Å²) in [5.41, 5.74) is 6.27. The van der Waals surface area contributed by atoms with Gasteiger partial charge in [-0.15, -0.1) is 0 Å². The first kappa shape index (κ1) is 87.2. The van der Waals surface area contributed by atoms with Gasteiger partial charge in [0.05, 0.1) is 48.6 Å². The highest BCUT2D eigenvalue weighted by atomic mass is 19.4. The zero-order valence-corrected chi connectivity index (χ0v) is 61.0. The Morgan fingerprint density at radius 2 is 1.32 bits per heavy atom. The van der Waals surface area contributed by atoms with Crippen LogP contribution in [0.4, 0.5) is 40.8 Å². The van der Waals surface area contributed by atoms with E-state index in [1.807, 2.05) is 60.5 Å². The minimum atomic E-state index is -4.98. The van der Waals surface area contributed by atoms with Crippen LogP contribution in [0, 0.1) is 64.6 Å². The number of anilines is 1. The molecule has 2 aliphatic heterocycles. The standard InChI is InChI=1S/C69H106F8N12O13/c1-16-38(8)58(87(13)66(97)56(36(4)5)85-65(96)57(37(6)7)86(11)12)46(100-14)33-49(91)89-30-18-21-45(89)59(101-15)39(9)61(92)81-40(10)62(93)80-34-41-23-25-43(26-24-41)82-63(94)44(20-17-28-79-68(78)99)83-64(95)55(35(2)3)84-48(90)22-19-29-88-31-27-42(32-47(88)69(75,76)77)67(98)102-60-53(73)51(71)50(70)52(72)54(60)74/h23-26,35-40,42,44-47,55-59,68,79,99H,16-22,27-34,78H2,1-15H3,(H,80,93)(H,81,92)(H,82,94)(H,83,95)(H,84,90)(H,85,96)/t38-,39+,40-,42?,44-,45-,46+,47?,55-,56-,57-,58-,59+,68?/m0/s1. The van der Waals surface area contributed by atoms with E-state index in [-0.39, 0.29) is 92.9 Å². The average Bonchev–Trinajstić information content (AvgIpc) is 0.967. The normalized spacial score (nSPS) is 19.2. The number of hydrogen-bond donors (Lipinski definition) is 9. The first-order valence-corrected chi connectivity index (χ1v) is 34.6. The molecule has 2 heterocycles. The number of carbonyl (C=O) groups excluding carboxylic acids is 9. The number of benzene rings is 2. The second-order valence-corrected chi connectivity index (χ2v) is 27.7. The Morgan fingerprint density at radius 3 is 1.86 bits per heavy atom. The summed E-state index contributed by atoms with van der Waals surface area (Å²) in [6.07, 6.45) is -7.99. The van der Waals surface area contributed by atoms with Gasteiger partial charge in [0, 0.05) is 46.5 Å². The first-order chi connectivity index (χ1) is 47.7. The molecule has 0 radical (unpaired) electrons. The van der Waals surface area contributed by atoms with Crippen LogP contribution in [0.15, 0.2) is 24.3 Å². The molecule has 0 spiro atoms. The molecule has 25 nitrogen and oxygen atoms in total. The monoisotopic (exact) mass is 1460 g/mol. The summed E-state index contributed by atoms with van der Waals surface area (Å²) in [5, 5.41) is 28.6. The average molecular weight is 1460 g/mol. The maximum absolute atomic E-state index is 14.5. The molecule has 14 atom stereocenters. The van der Waals surface area contributed by atoms with Crippen LogP contribution in [0.5, 0.6) is 5.75 Å². The van der Waals surface area contributed by atoms with Crippen molar-refractivity contribution in [3.05, 3.63) is 58.9 Å². The van der Waals surface area contributed by atoms with E-state index in [4.69, 9.17) is 15.2 Å². The van der Waals surface area contributed by atoms with Crippen LogP contribution in [-0.2, 0) is 59.2 Å². The van der Waals surface area contributed by atoms with Crippen LogP contribution in [0.25, 0.3) is 0 Å². The Balaban J connectivity index is 1.33. The van der Waals surface area contributed by atoms with Crippen molar-refractivity contribution in [2.75, 3.05) is 66.9 Å². The zero-order chi connectivity index (χ0) is 76.9. The summed E-state index contributed by atoms with van der Waals surface area (Å²) in [4.78, 5) is 130. The molecule has 4 rings (SSSR count). The van der Waals surface area contributed by atoms with Gasteiger partial charge in [-0.2, -0.15) is 22.0 Å². The molecule has 33 heteroatoms. The van der Waals surface area contributed by atoms with Crippen LogP contribution in [-0.4, -0.2) is 213 Å². The predicted octanol–water partition coefficient (Wildman–Crippen LogP) is 5.35. The van der Waals surface area contributed by atoms with Crippen molar-refractivity contribution in [1.29, 1.82) is 0 Å². The number of carbonyl (C=O) groups is 9. The van der Waals surface area contributed by atoms with E-state index < -0.39 is 181 Å². The number of methoxy groups -OCH3 is 2. The third-order valence-corrected chi connectivity index (χ3v) is 19.0. The number of nitrogens with one attached hydrogen (secondary N) is 7. The van der Waals surface area contributed by atoms with Gasteiger partial charge in [-0.25, -0.2) is 13.2 Å². The smallest absolute Gasteiger partial charge is 0.404 e. The number of halogens is 8. The van der Waals surface area contributed by atoms with Gasteiger partial charge in [0.15, 0.2) is 6.35 Å². The zero-order valence-electron chi connectivity index (χ0n) is 61.0. The number of piperidine rings is 1. The number of nitrogens with zero attached hydrogens (tertiary/aromatic N) is 4. The number of ether oxygens (including phenoxy) is 3. The lowest BCUT2D eigenvalue weighted by atomic mass is 9.89. The SMILES string of the molecule is CC[C@H](C)[C@@H]([C@@H](CC(=O)N1CCC[C@H]1[C@H](OC)[C@@H](C)C(=O)N[C@@H](C)C(=O)NCc1ccc(NC(=O)[C@H](CCCNC(N)O)NC(=O)[C@@H](NC(=O)CCCN2CCC(C(=O)Oc3c(F)c(F)c(F)c(F)c3F)CC2C(F)(F)F)C(C)C)cc1)OC)N(C)C(=O)[C@@H](NC(=O)[C@H](C(C)C)N(C)C)C(C)C. The van der Waals surface area contributed by atoms with E-state index in [1.54, 1.807) is 49.8 Å². The lowest BCUT2D eigenvalue weighted by Gasteiger charge is -2.41. The Hall–Kier alpha value is -7.17. The summed E-state index contributed by atoms with van der Waals surface area (Å²) < 4.78 is 129. The van der Waals surface area contributed by atoms with Crippen molar-refractivity contribution in [3.8, 4) is 5.75 Å². The topological polar surface area (TPSA) is 325 Å². The lowest BCUT2D eigenvalue weighted by Crippen LogP contribution is -2.59. The number of aliphatic hydroxyl groups excluding tert-OH is 1. The molecule has 2 fully saturated rings. The van der Waals surface area contributed by atoms with Crippen molar-refractivity contribution < 1.29 is 97.6 Å². The molecule has 2 saturated heterocycles. The van der Waals surface area contributed by atoms with Gasteiger partial charge in [0.25, 0.3) is 0 Å². The summed E-state index contributed by atoms with van der Waals surface area (Å²) in [6, 6.07) is -1.98. The summed E-state index contributed by atoms with van der Waals surface area (Å²) >= 11 is 0. The Kier molecular flexibility index (Phi) is 34.4. The fourth-order valence-electron chi connectivity index (χ4n) is 13.1. The number of rotatable bonds is 38. The van der Waals surface area contributed by atoms with E-state index in [2.05, 4.69) is 42.0 Å². The third-order valence-electron chi connectivity index (χ3n) is 19.0. The third kappa shape index (κ3) is 24.2. The molecule has 0 aromatic heterocycles. The quantitative estimate of drug-likeness (QED) is 0.00778. The van der Waals surface area contributed by atoms with Crippen molar-refractivity contribution in [2.24, 2.45) is 41.2 Å². The minimum absolute atomic E-state index is 0.00590. The molecule has 2 aromatic carbocycles. The number of likely N-dealkylation sites (tertiary alicyclic amines) is 2. The molecule has 0 aliphatic carbocycles. The highest BCUT2D eigenvalue weighted by Crippen LogP contribution is 2.37. The van der Waals surface area contributed by atoms with Gasteiger partial charge in [-0.3, -0.25) is 64.0 Å². The second-order valence-electron chi connectivity index (χ2n) is 27.7. The van der Waals surface area contributed by atoms with Crippen molar-refractivity contribution in [3.63, 3.8) is 0 Å². The van der Waals surface area contributed by atoms with Crippen molar-refractivity contribution >= 4 is 58.9 Å². The van der Waals surface area contributed by atoms with Crippen LogP contribution < -0.4 is 47.7 Å². The molecular formula is C69H106F8N12O13. The largest absolute Gasteiger partial charge is 0.420 e. The molecule has 10 N–H and O–H groups in total. The summed E-state index contributed by atoms with van der Waals surface area (Å²) in [6.45, 7) is 17.6. The Labute approximate surface area is 591 Å². The molecule has 8 amide bonds. The number of aliphatic hydroxyl groups is 1. The van der Waals surface area contributed by atoms with Crippen LogP contribution >= 0.6 is 0 Å². The van der Waals surface area contributed by atoms with Gasteiger partial charge in [-0.1, -0.05) is 80.9 Å². The van der Waals surface area contributed by atoms with Crippen molar-refractivity contribution in [1.82, 2.24) is 51.5 Å². The fourth-order valence-corrected chi connectivity index (χ4v) is 13.1. The number of esters is 1. The van der Waals surface area contributed by atoms with Gasteiger partial charge in [-0.05, 0) is 127 Å². The van der Waals surface area contributed by atoms with Crippen LogP contribution in [0.2, 0.25) is 0 Å². The highest BCUT2D eigenvalue weighted by Gasteiger charge is 2.49. The molecule has 0 bridgehead atoms. The molecule has 3 unspecified atom stereocenters.